The molecule has 3 nitrogen and oxygen atoms in total. The topological polar surface area (TPSA) is 43.8 Å². The van der Waals surface area contributed by atoms with Crippen LogP contribution in [0.5, 0.6) is 0 Å². The van der Waals surface area contributed by atoms with E-state index in [-0.39, 0.29) is 0 Å². The number of halogens is 2. The minimum Gasteiger partial charge on any atom is -0.369 e. The van der Waals surface area contributed by atoms with Crippen molar-refractivity contribution in [2.24, 2.45) is 7.05 Å². The Labute approximate surface area is 98.6 Å². The van der Waals surface area contributed by atoms with Crippen LogP contribution >= 0.6 is 38.9 Å². The van der Waals surface area contributed by atoms with Gasteiger partial charge in [-0.05, 0) is 22.0 Å². The Balaban J connectivity index is 2.57. The lowest BCUT2D eigenvalue weighted by molar-refractivity contribution is 0.931. The number of aromatic nitrogens is 2. The Bertz CT molecular complexity index is 477. The molecule has 14 heavy (non-hydrogen) atoms. The van der Waals surface area contributed by atoms with Crippen molar-refractivity contribution in [3.8, 4) is 10.6 Å². The number of nitrogen functional groups attached to an aromatic ring is 1. The molecular formula is C8H7BrClN3S. The minimum absolute atomic E-state index is 0.425. The Kier molecular flexibility index (Phi) is 2.55. The third kappa shape index (κ3) is 1.55. The van der Waals surface area contributed by atoms with Crippen LogP contribution in [0.2, 0.25) is 5.15 Å². The highest BCUT2D eigenvalue weighted by molar-refractivity contribution is 9.10. The average Bonchev–Trinajstić information content (AvgIpc) is 2.66. The number of nitrogens with two attached hydrogens (primary N) is 1. The fraction of sp³-hybridized carbons (Fsp3) is 0.125. The van der Waals surface area contributed by atoms with Crippen molar-refractivity contribution in [1.82, 2.24) is 9.55 Å². The summed E-state index contributed by atoms with van der Waals surface area (Å²) in [7, 11) is 1.79. The lowest BCUT2D eigenvalue weighted by atomic mass is 10.4. The van der Waals surface area contributed by atoms with Gasteiger partial charge < -0.3 is 10.3 Å². The Morgan fingerprint density at radius 2 is 2.36 bits per heavy atom. The van der Waals surface area contributed by atoms with Crippen molar-refractivity contribution >= 4 is 44.8 Å². The molecule has 0 aliphatic rings. The molecule has 0 radical (unpaired) electrons. The van der Waals surface area contributed by atoms with Gasteiger partial charge in [0.2, 0.25) is 5.95 Å². The second kappa shape index (κ2) is 3.56. The number of nitrogens with zero attached hydrogens (tertiary/aromatic N) is 2. The zero-order chi connectivity index (χ0) is 10.3. The number of rotatable bonds is 1. The fourth-order valence-corrected chi connectivity index (χ4v) is 2.79. The van der Waals surface area contributed by atoms with E-state index in [1.165, 1.54) is 0 Å². The summed E-state index contributed by atoms with van der Waals surface area (Å²) in [5.74, 6) is 0.425. The van der Waals surface area contributed by atoms with Crippen LogP contribution in [0.3, 0.4) is 0 Å². The molecule has 0 unspecified atom stereocenters. The van der Waals surface area contributed by atoms with Crippen molar-refractivity contribution in [2.45, 2.75) is 0 Å². The first-order valence-electron chi connectivity index (χ1n) is 3.81. The molecule has 0 fully saturated rings. The van der Waals surface area contributed by atoms with Crippen molar-refractivity contribution in [3.05, 3.63) is 21.1 Å². The number of anilines is 1. The van der Waals surface area contributed by atoms with E-state index < -0.39 is 0 Å². The summed E-state index contributed by atoms with van der Waals surface area (Å²) in [6.45, 7) is 0. The maximum Gasteiger partial charge on any atom is 0.201 e. The SMILES string of the molecule is Cn1c(N)nc(-c2cc(Br)cs2)c1Cl. The summed E-state index contributed by atoms with van der Waals surface area (Å²) in [6.07, 6.45) is 0. The quantitative estimate of drug-likeness (QED) is 0.877. The number of thiophene rings is 1. The van der Waals surface area contributed by atoms with E-state index in [1.807, 2.05) is 11.4 Å². The Hall–Kier alpha value is -0.520. The molecule has 2 aromatic heterocycles. The highest BCUT2D eigenvalue weighted by Gasteiger charge is 2.13. The standard InChI is InChI=1S/C8H7BrClN3S/c1-13-7(10)6(12-8(13)11)5-2-4(9)3-14-5/h2-3H,1H3,(H2,11,12). The predicted molar refractivity (Wildman–Crippen MR) is 63.6 cm³/mol. The molecule has 0 aliphatic carbocycles. The van der Waals surface area contributed by atoms with Crippen molar-refractivity contribution < 1.29 is 0 Å². The van der Waals surface area contributed by atoms with Crippen LogP contribution in [0.15, 0.2) is 15.9 Å². The summed E-state index contributed by atoms with van der Waals surface area (Å²) in [4.78, 5) is 5.20. The molecule has 0 aliphatic heterocycles. The van der Waals surface area contributed by atoms with E-state index in [9.17, 15) is 0 Å². The van der Waals surface area contributed by atoms with Crippen LogP contribution in [-0.4, -0.2) is 9.55 Å². The molecule has 6 heteroatoms. The third-order valence-electron chi connectivity index (χ3n) is 1.86. The van der Waals surface area contributed by atoms with E-state index in [1.54, 1.807) is 23.0 Å². The molecular weight excluding hydrogens is 286 g/mol. The van der Waals surface area contributed by atoms with Gasteiger partial charge in [-0.2, -0.15) is 0 Å². The lowest BCUT2D eigenvalue weighted by Gasteiger charge is -1.94. The van der Waals surface area contributed by atoms with Crippen molar-refractivity contribution in [3.63, 3.8) is 0 Å². The van der Waals surface area contributed by atoms with Crippen molar-refractivity contribution in [1.29, 1.82) is 0 Å². The molecule has 74 valence electrons. The summed E-state index contributed by atoms with van der Waals surface area (Å²) >= 11 is 11.0. The summed E-state index contributed by atoms with van der Waals surface area (Å²) in [5.41, 5.74) is 6.38. The smallest absolute Gasteiger partial charge is 0.201 e. The Morgan fingerprint density at radius 1 is 1.64 bits per heavy atom. The van der Waals surface area contributed by atoms with Gasteiger partial charge in [0.1, 0.15) is 10.8 Å². The fourth-order valence-electron chi connectivity index (χ4n) is 1.09. The number of imidazole rings is 1. The van der Waals surface area contributed by atoms with Gasteiger partial charge >= 0.3 is 0 Å². The van der Waals surface area contributed by atoms with Crippen LogP contribution in [0.25, 0.3) is 10.6 Å². The van der Waals surface area contributed by atoms with Gasteiger partial charge in [-0.1, -0.05) is 11.6 Å². The molecule has 0 atom stereocenters. The zero-order valence-electron chi connectivity index (χ0n) is 7.29. The molecule has 2 N–H and O–H groups in total. The molecule has 0 saturated heterocycles. The molecule has 0 saturated carbocycles. The summed E-state index contributed by atoms with van der Waals surface area (Å²) in [5, 5.41) is 2.55. The monoisotopic (exact) mass is 291 g/mol. The maximum absolute atomic E-state index is 6.07. The average molecular weight is 293 g/mol. The van der Waals surface area contributed by atoms with Gasteiger partial charge in [0, 0.05) is 16.9 Å². The first kappa shape index (κ1) is 10.0. The Morgan fingerprint density at radius 3 is 2.79 bits per heavy atom. The minimum atomic E-state index is 0.425. The first-order chi connectivity index (χ1) is 6.59. The molecule has 0 spiro atoms. The molecule has 0 aromatic carbocycles. The first-order valence-corrected chi connectivity index (χ1v) is 5.86. The van der Waals surface area contributed by atoms with Crippen LogP contribution < -0.4 is 5.73 Å². The van der Waals surface area contributed by atoms with Gasteiger partial charge in [-0.15, -0.1) is 11.3 Å². The highest BCUT2D eigenvalue weighted by atomic mass is 79.9. The molecule has 2 aromatic rings. The molecule has 2 heterocycles. The third-order valence-corrected chi connectivity index (χ3v) is 3.99. The zero-order valence-corrected chi connectivity index (χ0v) is 10.4. The highest BCUT2D eigenvalue weighted by Crippen LogP contribution is 2.34. The van der Waals surface area contributed by atoms with Crippen molar-refractivity contribution in [2.75, 3.05) is 5.73 Å². The van der Waals surface area contributed by atoms with Gasteiger partial charge in [-0.25, -0.2) is 4.98 Å². The number of hydrogen-bond donors (Lipinski definition) is 1. The predicted octanol–water partition coefficient (Wildman–Crippen LogP) is 3.15. The summed E-state index contributed by atoms with van der Waals surface area (Å²) in [6, 6.07) is 1.97. The number of hydrogen-bond acceptors (Lipinski definition) is 3. The van der Waals surface area contributed by atoms with Crippen LogP contribution in [-0.2, 0) is 7.05 Å². The largest absolute Gasteiger partial charge is 0.369 e. The van der Waals surface area contributed by atoms with E-state index in [0.29, 0.717) is 11.1 Å². The summed E-state index contributed by atoms with van der Waals surface area (Å²) < 4.78 is 2.68. The van der Waals surface area contributed by atoms with E-state index in [4.69, 9.17) is 17.3 Å². The maximum atomic E-state index is 6.07. The van der Waals surface area contributed by atoms with Gasteiger partial charge in [0.15, 0.2) is 0 Å². The van der Waals surface area contributed by atoms with E-state index >= 15 is 0 Å². The van der Waals surface area contributed by atoms with Gasteiger partial charge in [-0.3, -0.25) is 0 Å². The molecule has 2 rings (SSSR count). The molecule has 0 bridgehead atoms. The lowest BCUT2D eigenvalue weighted by Crippen LogP contribution is -1.96. The van der Waals surface area contributed by atoms with Gasteiger partial charge in [0.05, 0.1) is 4.88 Å². The van der Waals surface area contributed by atoms with Crippen LogP contribution in [0, 0.1) is 0 Å². The second-order valence-corrected chi connectivity index (χ2v) is 4.98. The van der Waals surface area contributed by atoms with E-state index in [0.717, 1.165) is 15.0 Å². The second-order valence-electron chi connectivity index (χ2n) is 2.80. The van der Waals surface area contributed by atoms with Crippen LogP contribution in [0.4, 0.5) is 5.95 Å². The van der Waals surface area contributed by atoms with E-state index in [2.05, 4.69) is 20.9 Å². The molecule has 0 amide bonds. The van der Waals surface area contributed by atoms with Crippen LogP contribution in [0.1, 0.15) is 0 Å². The normalized spacial score (nSPS) is 10.8. The van der Waals surface area contributed by atoms with Gasteiger partial charge in [0.25, 0.3) is 0 Å².